The number of aromatic nitrogens is 1. The molecule has 2 saturated heterocycles. The number of benzene rings is 1. The Balaban J connectivity index is 1.29. The van der Waals surface area contributed by atoms with Gasteiger partial charge < -0.3 is 15.1 Å². The normalized spacial score (nSPS) is 19.3. The Morgan fingerprint density at radius 2 is 1.48 bits per heavy atom. The number of pyridine rings is 1. The molecule has 1 unspecified atom stereocenters. The number of carbonyl (C=O) groups is 3. The zero-order valence-corrected chi connectivity index (χ0v) is 19.4. The lowest BCUT2D eigenvalue weighted by Gasteiger charge is -2.35. The van der Waals surface area contributed by atoms with Gasteiger partial charge in [0.1, 0.15) is 0 Å². The molecule has 3 heterocycles. The van der Waals surface area contributed by atoms with Gasteiger partial charge in [0.05, 0.1) is 5.92 Å². The third-order valence-electron chi connectivity index (χ3n) is 6.60. The summed E-state index contributed by atoms with van der Waals surface area (Å²) in [6, 6.07) is 9.40. The lowest BCUT2D eigenvalue weighted by Crippen LogP contribution is -2.50. The first-order valence-corrected chi connectivity index (χ1v) is 11.8. The summed E-state index contributed by atoms with van der Waals surface area (Å²) in [5, 5.41) is 3.18. The number of aryl methyl sites for hydroxylation is 2. The van der Waals surface area contributed by atoms with E-state index in [1.807, 2.05) is 35.8 Å². The molecule has 2 aromatic rings. The van der Waals surface area contributed by atoms with Crippen LogP contribution in [0.15, 0.2) is 42.7 Å². The van der Waals surface area contributed by atoms with Crippen molar-refractivity contribution < 1.29 is 14.4 Å². The fourth-order valence-corrected chi connectivity index (χ4v) is 4.88. The molecule has 0 radical (unpaired) electrons. The van der Waals surface area contributed by atoms with Gasteiger partial charge >= 0.3 is 0 Å². The Kier molecular flexibility index (Phi) is 7.06. The minimum Gasteiger partial charge on any atom is -0.353 e. The summed E-state index contributed by atoms with van der Waals surface area (Å²) in [4.78, 5) is 46.2. The molecule has 33 heavy (non-hydrogen) atoms. The van der Waals surface area contributed by atoms with E-state index in [9.17, 15) is 14.4 Å². The monoisotopic (exact) mass is 448 g/mol. The van der Waals surface area contributed by atoms with Gasteiger partial charge in [-0.05, 0) is 63.8 Å². The predicted molar refractivity (Wildman–Crippen MR) is 126 cm³/mol. The Morgan fingerprint density at radius 3 is 2.15 bits per heavy atom. The van der Waals surface area contributed by atoms with Gasteiger partial charge in [-0.3, -0.25) is 19.4 Å². The molecule has 174 valence electrons. The third kappa shape index (κ3) is 5.59. The Morgan fingerprint density at radius 1 is 0.848 bits per heavy atom. The molecule has 0 spiro atoms. The minimum absolute atomic E-state index is 0.00207. The molecule has 2 aliphatic heterocycles. The van der Waals surface area contributed by atoms with Crippen LogP contribution in [0.3, 0.4) is 0 Å². The fraction of sp³-hybridized carbons (Fsp3) is 0.462. The van der Waals surface area contributed by atoms with Crippen LogP contribution in [0.2, 0.25) is 0 Å². The number of carbonyl (C=O) groups excluding carboxylic acids is 3. The average Bonchev–Trinajstić information content (AvgIpc) is 2.83. The van der Waals surface area contributed by atoms with Crippen LogP contribution in [-0.2, 0) is 4.79 Å². The number of likely N-dealkylation sites (tertiary alicyclic amines) is 2. The van der Waals surface area contributed by atoms with Crippen molar-refractivity contribution in [2.45, 2.75) is 45.6 Å². The number of nitrogens with zero attached hydrogens (tertiary/aromatic N) is 3. The molecule has 7 nitrogen and oxygen atoms in total. The van der Waals surface area contributed by atoms with E-state index in [1.54, 1.807) is 24.5 Å². The molecule has 1 aromatic heterocycles. The quantitative estimate of drug-likeness (QED) is 0.780. The molecule has 0 bridgehead atoms. The molecule has 1 N–H and O–H groups in total. The average molecular weight is 449 g/mol. The fourth-order valence-electron chi connectivity index (χ4n) is 4.88. The highest BCUT2D eigenvalue weighted by atomic mass is 16.2. The van der Waals surface area contributed by atoms with Crippen molar-refractivity contribution in [3.05, 3.63) is 65.0 Å². The zero-order chi connectivity index (χ0) is 23.4. The summed E-state index contributed by atoms with van der Waals surface area (Å²) in [6.07, 6.45) is 6.34. The number of rotatable bonds is 4. The highest BCUT2D eigenvalue weighted by molar-refractivity contribution is 5.95. The second-order valence-electron chi connectivity index (χ2n) is 9.28. The molecular weight excluding hydrogens is 416 g/mol. The standard InChI is InChI=1S/C26H32N4O3/c1-18-14-19(2)16-22(15-18)26(33)30-11-3-4-21(17-30)24(31)28-23-7-12-29(13-8-23)25(32)20-5-9-27-10-6-20/h5-6,9-10,14-16,21,23H,3-4,7-8,11-13,17H2,1-2H3,(H,28,31). The van der Waals surface area contributed by atoms with Crippen molar-refractivity contribution in [2.24, 2.45) is 5.92 Å². The van der Waals surface area contributed by atoms with Gasteiger partial charge in [-0.1, -0.05) is 17.2 Å². The van der Waals surface area contributed by atoms with Crippen LogP contribution in [-0.4, -0.2) is 64.7 Å². The van der Waals surface area contributed by atoms with Crippen molar-refractivity contribution in [2.75, 3.05) is 26.2 Å². The highest BCUT2D eigenvalue weighted by Gasteiger charge is 2.31. The smallest absolute Gasteiger partial charge is 0.253 e. The van der Waals surface area contributed by atoms with Crippen molar-refractivity contribution in [3.63, 3.8) is 0 Å². The molecule has 1 aromatic carbocycles. The summed E-state index contributed by atoms with van der Waals surface area (Å²) < 4.78 is 0. The Bertz CT molecular complexity index is 995. The molecule has 2 aliphatic rings. The number of amides is 3. The minimum atomic E-state index is -0.190. The van der Waals surface area contributed by atoms with E-state index in [1.165, 1.54) is 0 Å². The van der Waals surface area contributed by atoms with E-state index < -0.39 is 0 Å². The molecule has 4 rings (SSSR count). The van der Waals surface area contributed by atoms with Gasteiger partial charge in [0.2, 0.25) is 5.91 Å². The summed E-state index contributed by atoms with van der Waals surface area (Å²) >= 11 is 0. The van der Waals surface area contributed by atoms with E-state index >= 15 is 0 Å². The zero-order valence-electron chi connectivity index (χ0n) is 19.4. The third-order valence-corrected chi connectivity index (χ3v) is 6.60. The van der Waals surface area contributed by atoms with Crippen molar-refractivity contribution in [1.82, 2.24) is 20.1 Å². The number of hydrogen-bond acceptors (Lipinski definition) is 4. The van der Waals surface area contributed by atoms with Gasteiger partial charge in [-0.15, -0.1) is 0 Å². The van der Waals surface area contributed by atoms with Gasteiger partial charge in [0.15, 0.2) is 0 Å². The maximum absolute atomic E-state index is 13.0. The van der Waals surface area contributed by atoms with Crippen LogP contribution in [0.25, 0.3) is 0 Å². The second-order valence-corrected chi connectivity index (χ2v) is 9.28. The van der Waals surface area contributed by atoms with E-state index in [0.717, 1.165) is 36.8 Å². The maximum Gasteiger partial charge on any atom is 0.253 e. The van der Waals surface area contributed by atoms with E-state index in [4.69, 9.17) is 0 Å². The first kappa shape index (κ1) is 23.0. The summed E-state index contributed by atoms with van der Waals surface area (Å²) in [7, 11) is 0. The Labute approximate surface area is 195 Å². The SMILES string of the molecule is Cc1cc(C)cc(C(=O)N2CCCC(C(=O)NC3CCN(C(=O)c4ccncc4)CC3)C2)c1. The lowest BCUT2D eigenvalue weighted by molar-refractivity contribution is -0.127. The first-order chi connectivity index (χ1) is 15.9. The molecule has 3 amide bonds. The van der Waals surface area contributed by atoms with Gasteiger partial charge in [0.25, 0.3) is 11.8 Å². The molecule has 1 atom stereocenters. The summed E-state index contributed by atoms with van der Waals surface area (Å²) in [5.41, 5.74) is 3.47. The topological polar surface area (TPSA) is 82.6 Å². The number of nitrogens with one attached hydrogen (secondary N) is 1. The predicted octanol–water partition coefficient (Wildman–Crippen LogP) is 2.97. The van der Waals surface area contributed by atoms with Gasteiger partial charge in [-0.2, -0.15) is 0 Å². The van der Waals surface area contributed by atoms with Crippen LogP contribution in [0, 0.1) is 19.8 Å². The van der Waals surface area contributed by atoms with Crippen LogP contribution in [0.4, 0.5) is 0 Å². The molecule has 7 heteroatoms. The van der Waals surface area contributed by atoms with Gasteiger partial charge in [0, 0.05) is 55.7 Å². The number of piperidine rings is 2. The van der Waals surface area contributed by atoms with Crippen molar-refractivity contribution in [3.8, 4) is 0 Å². The van der Waals surface area contributed by atoms with E-state index in [-0.39, 0.29) is 29.7 Å². The molecule has 2 fully saturated rings. The maximum atomic E-state index is 13.0. The van der Waals surface area contributed by atoms with Crippen LogP contribution < -0.4 is 5.32 Å². The van der Waals surface area contributed by atoms with Gasteiger partial charge in [-0.25, -0.2) is 0 Å². The molecular formula is C26H32N4O3. The van der Waals surface area contributed by atoms with Crippen LogP contribution in [0.5, 0.6) is 0 Å². The van der Waals surface area contributed by atoms with E-state index in [0.29, 0.717) is 37.3 Å². The molecule has 0 saturated carbocycles. The molecule has 0 aliphatic carbocycles. The van der Waals surface area contributed by atoms with Crippen LogP contribution >= 0.6 is 0 Å². The van der Waals surface area contributed by atoms with Crippen molar-refractivity contribution in [1.29, 1.82) is 0 Å². The van der Waals surface area contributed by atoms with Crippen molar-refractivity contribution >= 4 is 17.7 Å². The highest BCUT2D eigenvalue weighted by Crippen LogP contribution is 2.21. The van der Waals surface area contributed by atoms with E-state index in [2.05, 4.69) is 16.4 Å². The number of hydrogen-bond donors (Lipinski definition) is 1. The first-order valence-electron chi connectivity index (χ1n) is 11.8. The Hall–Kier alpha value is -3.22. The summed E-state index contributed by atoms with van der Waals surface area (Å²) in [6.45, 7) is 6.36. The van der Waals surface area contributed by atoms with Crippen LogP contribution in [0.1, 0.15) is 57.5 Å². The second kappa shape index (κ2) is 10.1. The lowest BCUT2D eigenvalue weighted by atomic mass is 9.95. The summed E-state index contributed by atoms with van der Waals surface area (Å²) in [5.74, 6) is -0.158. The largest absolute Gasteiger partial charge is 0.353 e.